The van der Waals surface area contributed by atoms with E-state index in [1.165, 1.54) is 6.07 Å². The summed E-state index contributed by atoms with van der Waals surface area (Å²) in [6, 6.07) is 10.2. The molecule has 2 aromatic carbocycles. The molecule has 1 amide bonds. The van der Waals surface area contributed by atoms with Crippen LogP contribution in [0, 0.1) is 0 Å². The third-order valence-corrected chi connectivity index (χ3v) is 3.00. The maximum Gasteiger partial charge on any atom is 0.416 e. The maximum atomic E-state index is 12.2. The van der Waals surface area contributed by atoms with Crippen LogP contribution in [0.2, 0.25) is 0 Å². The van der Waals surface area contributed by atoms with Crippen molar-refractivity contribution in [3.8, 4) is 0 Å². The summed E-state index contributed by atoms with van der Waals surface area (Å²) in [6.45, 7) is -0.922. The van der Waals surface area contributed by atoms with Crippen molar-refractivity contribution in [3.63, 3.8) is 0 Å². The zero-order chi connectivity index (χ0) is 15.6. The van der Waals surface area contributed by atoms with E-state index < -0.39 is 24.7 Å². The second-order valence-corrected chi connectivity index (χ2v) is 4.55. The van der Waals surface area contributed by atoms with Crippen LogP contribution in [0.1, 0.15) is 10.4 Å². The Kier molecular flexibility index (Phi) is 4.04. The summed E-state index contributed by atoms with van der Waals surface area (Å²) in [4.78, 5) is 11.9. The molecule has 0 saturated carbocycles. The molecule has 0 fully saturated rings. The molecule has 0 aliphatic rings. The number of nitrogens with one attached hydrogen (secondary N) is 1. The van der Waals surface area contributed by atoms with Crippen LogP contribution in [0.15, 0.2) is 36.4 Å². The molecule has 4 nitrogen and oxygen atoms in total. The third kappa shape index (κ3) is 3.43. The predicted octanol–water partition coefficient (Wildman–Crippen LogP) is 2.08. The molecule has 7 heteroatoms. The largest absolute Gasteiger partial charge is 0.416 e. The van der Waals surface area contributed by atoms with E-state index in [-0.39, 0.29) is 11.3 Å². The number of fused-ring (bicyclic) bond motifs is 1. The van der Waals surface area contributed by atoms with Crippen molar-refractivity contribution in [1.29, 1.82) is 0 Å². The molecule has 0 saturated heterocycles. The Morgan fingerprint density at radius 2 is 1.81 bits per heavy atom. The highest BCUT2D eigenvalue weighted by Crippen LogP contribution is 2.22. The minimum absolute atomic E-state index is 0.0723. The zero-order valence-corrected chi connectivity index (χ0v) is 10.8. The highest BCUT2D eigenvalue weighted by molar-refractivity contribution is 6.03. The highest BCUT2D eigenvalue weighted by Gasteiger charge is 2.38. The number of anilines is 1. The van der Waals surface area contributed by atoms with Crippen LogP contribution < -0.4 is 11.1 Å². The molecule has 1 atom stereocenters. The number of aliphatic hydroxyl groups is 1. The Hall–Kier alpha value is -2.28. The number of carbonyl (C=O) groups excluding carboxylic acids is 1. The number of hydrogen-bond donors (Lipinski definition) is 3. The first-order valence-electron chi connectivity index (χ1n) is 6.10. The fourth-order valence-electron chi connectivity index (χ4n) is 1.85. The SMILES string of the molecule is Nc1cc2ccccc2cc1C(=O)NCC(O)C(F)(F)F. The van der Waals surface area contributed by atoms with Crippen LogP contribution in [0.3, 0.4) is 0 Å². The normalized spacial score (nSPS) is 13.1. The van der Waals surface area contributed by atoms with Crippen LogP contribution in [-0.4, -0.2) is 29.8 Å². The van der Waals surface area contributed by atoms with Gasteiger partial charge in [0, 0.05) is 5.69 Å². The molecular formula is C14H13F3N2O2. The van der Waals surface area contributed by atoms with Gasteiger partial charge in [0.2, 0.25) is 0 Å². The van der Waals surface area contributed by atoms with E-state index >= 15 is 0 Å². The van der Waals surface area contributed by atoms with E-state index in [0.29, 0.717) is 0 Å². The van der Waals surface area contributed by atoms with Gasteiger partial charge in [0.25, 0.3) is 5.91 Å². The number of amides is 1. The first-order chi connectivity index (χ1) is 9.79. The average Bonchev–Trinajstić information content (AvgIpc) is 2.42. The molecule has 112 valence electrons. The van der Waals surface area contributed by atoms with Gasteiger partial charge >= 0.3 is 6.18 Å². The summed E-state index contributed by atoms with van der Waals surface area (Å²) in [7, 11) is 0. The standard InChI is InChI=1S/C14H13F3N2O2/c15-14(16,17)12(20)7-19-13(21)10-5-8-3-1-2-4-9(8)6-11(10)18/h1-6,12,20H,7,18H2,(H,19,21). The summed E-state index contributed by atoms with van der Waals surface area (Å²) in [5, 5.41) is 12.4. The molecule has 0 aliphatic heterocycles. The lowest BCUT2D eigenvalue weighted by atomic mass is 10.0. The Bertz CT molecular complexity index is 671. The van der Waals surface area contributed by atoms with Gasteiger partial charge in [-0.1, -0.05) is 24.3 Å². The van der Waals surface area contributed by atoms with Gasteiger partial charge < -0.3 is 16.2 Å². The van der Waals surface area contributed by atoms with Gasteiger partial charge in [-0.3, -0.25) is 4.79 Å². The summed E-state index contributed by atoms with van der Waals surface area (Å²) in [5.74, 6) is -0.762. The van der Waals surface area contributed by atoms with E-state index in [2.05, 4.69) is 0 Å². The molecular weight excluding hydrogens is 285 g/mol. The average molecular weight is 298 g/mol. The Labute approximate surface area is 118 Å². The fourth-order valence-corrected chi connectivity index (χ4v) is 1.85. The van der Waals surface area contributed by atoms with Gasteiger partial charge in [-0.15, -0.1) is 0 Å². The van der Waals surface area contributed by atoms with Crippen molar-refractivity contribution in [2.75, 3.05) is 12.3 Å². The topological polar surface area (TPSA) is 75.4 Å². The van der Waals surface area contributed by atoms with Crippen LogP contribution in [0.25, 0.3) is 10.8 Å². The van der Waals surface area contributed by atoms with Crippen molar-refractivity contribution < 1.29 is 23.1 Å². The van der Waals surface area contributed by atoms with E-state index in [9.17, 15) is 18.0 Å². The van der Waals surface area contributed by atoms with Gasteiger partial charge in [0.1, 0.15) is 0 Å². The number of rotatable bonds is 3. The number of halogens is 3. The Morgan fingerprint density at radius 3 is 2.38 bits per heavy atom. The van der Waals surface area contributed by atoms with E-state index in [4.69, 9.17) is 10.8 Å². The van der Waals surface area contributed by atoms with E-state index in [1.54, 1.807) is 30.3 Å². The second-order valence-electron chi connectivity index (χ2n) is 4.55. The summed E-state index contributed by atoms with van der Waals surface area (Å²) < 4.78 is 36.5. The summed E-state index contributed by atoms with van der Waals surface area (Å²) in [5.41, 5.74) is 5.97. The quantitative estimate of drug-likeness (QED) is 0.759. The highest BCUT2D eigenvalue weighted by atomic mass is 19.4. The summed E-state index contributed by atoms with van der Waals surface area (Å²) in [6.07, 6.45) is -7.38. The van der Waals surface area contributed by atoms with Gasteiger partial charge in [0.05, 0.1) is 12.1 Å². The number of benzene rings is 2. The number of aliphatic hydroxyl groups excluding tert-OH is 1. The molecule has 0 bridgehead atoms. The van der Waals surface area contributed by atoms with Gasteiger partial charge in [-0.25, -0.2) is 0 Å². The summed E-state index contributed by atoms with van der Waals surface area (Å²) >= 11 is 0. The number of hydrogen-bond acceptors (Lipinski definition) is 3. The lowest BCUT2D eigenvalue weighted by Gasteiger charge is -2.15. The van der Waals surface area contributed by atoms with Crippen LogP contribution >= 0.6 is 0 Å². The molecule has 0 aromatic heterocycles. The molecule has 2 aromatic rings. The minimum atomic E-state index is -4.78. The fraction of sp³-hybridized carbons (Fsp3) is 0.214. The lowest BCUT2D eigenvalue weighted by molar-refractivity contribution is -0.201. The van der Waals surface area contributed by atoms with Crippen LogP contribution in [-0.2, 0) is 0 Å². The molecule has 4 N–H and O–H groups in total. The molecule has 0 aliphatic carbocycles. The predicted molar refractivity (Wildman–Crippen MR) is 72.8 cm³/mol. The molecule has 1 unspecified atom stereocenters. The van der Waals surface area contributed by atoms with E-state index in [1.807, 2.05) is 5.32 Å². The van der Waals surface area contributed by atoms with Crippen LogP contribution in [0.4, 0.5) is 18.9 Å². The number of nitrogen functional groups attached to an aromatic ring is 1. The minimum Gasteiger partial charge on any atom is -0.398 e. The van der Waals surface area contributed by atoms with Gasteiger partial charge in [0.15, 0.2) is 6.10 Å². The van der Waals surface area contributed by atoms with Crippen molar-refractivity contribution in [3.05, 3.63) is 42.0 Å². The van der Waals surface area contributed by atoms with Crippen molar-refractivity contribution in [2.24, 2.45) is 0 Å². The van der Waals surface area contributed by atoms with Crippen molar-refractivity contribution in [2.45, 2.75) is 12.3 Å². The number of alkyl halides is 3. The zero-order valence-electron chi connectivity index (χ0n) is 10.8. The van der Waals surface area contributed by atoms with Crippen LogP contribution in [0.5, 0.6) is 0 Å². The smallest absolute Gasteiger partial charge is 0.398 e. The second kappa shape index (κ2) is 5.61. The molecule has 2 rings (SSSR count). The Balaban J connectivity index is 2.18. The van der Waals surface area contributed by atoms with Crippen molar-refractivity contribution >= 4 is 22.4 Å². The maximum absolute atomic E-state index is 12.2. The third-order valence-electron chi connectivity index (χ3n) is 3.00. The first-order valence-corrected chi connectivity index (χ1v) is 6.10. The lowest BCUT2D eigenvalue weighted by Crippen LogP contribution is -2.40. The molecule has 21 heavy (non-hydrogen) atoms. The van der Waals surface area contributed by atoms with E-state index in [0.717, 1.165) is 10.8 Å². The number of carbonyl (C=O) groups is 1. The monoisotopic (exact) mass is 298 g/mol. The van der Waals surface area contributed by atoms with Gasteiger partial charge in [-0.2, -0.15) is 13.2 Å². The molecule has 0 heterocycles. The molecule has 0 spiro atoms. The Morgan fingerprint density at radius 1 is 1.24 bits per heavy atom. The van der Waals surface area contributed by atoms with Crippen molar-refractivity contribution in [1.82, 2.24) is 5.32 Å². The van der Waals surface area contributed by atoms with Gasteiger partial charge in [-0.05, 0) is 22.9 Å². The molecule has 0 radical (unpaired) electrons. The number of nitrogens with two attached hydrogens (primary N) is 1. The first kappa shape index (κ1) is 15.1.